The summed E-state index contributed by atoms with van der Waals surface area (Å²) in [4.78, 5) is 52.1. The smallest absolute Gasteiger partial charge is 0.284 e. The van der Waals surface area contributed by atoms with Crippen molar-refractivity contribution in [2.75, 3.05) is 16.0 Å². The molecule has 3 N–H and O–H groups in total. The third-order valence-electron chi connectivity index (χ3n) is 10.3. The van der Waals surface area contributed by atoms with E-state index in [0.29, 0.717) is 10.6 Å². The second-order valence-electron chi connectivity index (χ2n) is 14.9. The van der Waals surface area contributed by atoms with Crippen LogP contribution in [-0.4, -0.2) is 69.8 Å². The molecule has 1 aromatic carbocycles. The van der Waals surface area contributed by atoms with E-state index in [2.05, 4.69) is 30.9 Å². The molecule has 0 fully saturated rings. The molecule has 9 heterocycles. The van der Waals surface area contributed by atoms with Crippen molar-refractivity contribution in [2.24, 2.45) is 0 Å². The zero-order valence-corrected chi connectivity index (χ0v) is 39.5. The predicted molar refractivity (Wildman–Crippen MR) is 256 cm³/mol. The fourth-order valence-electron chi connectivity index (χ4n) is 6.85. The summed E-state index contributed by atoms with van der Waals surface area (Å²) in [5.41, 5.74) is 1.19. The van der Waals surface area contributed by atoms with Crippen LogP contribution in [0.5, 0.6) is 11.5 Å². The van der Waals surface area contributed by atoms with E-state index in [0.717, 1.165) is 34.6 Å². The van der Waals surface area contributed by atoms with Crippen LogP contribution in [0.2, 0.25) is 0 Å². The molecule has 1 unspecified atom stereocenters. The number of carbonyl (C=O) groups excluding carboxylic acids is 3. The van der Waals surface area contributed by atoms with Crippen LogP contribution in [0.1, 0.15) is 43.4 Å². The van der Waals surface area contributed by atoms with Gasteiger partial charge in [-0.3, -0.25) is 19.4 Å². The lowest BCUT2D eigenvalue weighted by atomic mass is 10.2. The van der Waals surface area contributed by atoms with Crippen LogP contribution in [-0.2, 0) is 30.1 Å². The van der Waals surface area contributed by atoms with E-state index in [1.165, 1.54) is 115 Å². The molecule has 20 nitrogen and oxygen atoms in total. The molecule has 1 aliphatic heterocycles. The minimum Gasteiger partial charge on any atom is -0.445 e. The SMILES string of the molecule is O=C(Nc1ccn(S(=O)(=O)c2csc(-c3cccc(C(=O)Nc4ccn(S(=O)(=O)c5ccc6c(c5)OC(c5cccc(C(=O)Nc7ccn(S(=O)(=O)c8cccs8)c7)n5)O6)c4)n3)c2)c1)c1ccccn1. The van der Waals surface area contributed by atoms with Crippen molar-refractivity contribution in [3.8, 4) is 22.1 Å². The molecule has 0 radical (unpaired) electrons. The Morgan fingerprint density at radius 1 is 0.543 bits per heavy atom. The highest BCUT2D eigenvalue weighted by molar-refractivity contribution is 7.92. The summed E-state index contributed by atoms with van der Waals surface area (Å²) in [6, 6.07) is 26.8. The quantitative estimate of drug-likeness (QED) is 0.0990. The number of fused-ring (bicyclic) bond motifs is 1. The second kappa shape index (κ2) is 18.0. The number of hydrogen-bond donors (Lipinski definition) is 3. The molecule has 1 atom stereocenters. The summed E-state index contributed by atoms with van der Waals surface area (Å²) in [6.07, 6.45) is 7.92. The molecule has 8 aromatic heterocycles. The normalized spacial score (nSPS) is 13.5. The number of thiophene rings is 2. The number of aromatic nitrogens is 6. The molecule has 0 aliphatic carbocycles. The first-order valence-corrected chi connectivity index (χ1v) is 26.4. The van der Waals surface area contributed by atoms with Crippen molar-refractivity contribution in [2.45, 2.75) is 20.3 Å². The van der Waals surface area contributed by atoms with Crippen molar-refractivity contribution >= 4 is 87.5 Å². The lowest BCUT2D eigenvalue weighted by molar-refractivity contribution is 0.0445. The van der Waals surface area contributed by atoms with Gasteiger partial charge in [0.1, 0.15) is 27.0 Å². The number of ether oxygens (including phenoxy) is 2. The van der Waals surface area contributed by atoms with Gasteiger partial charge < -0.3 is 25.4 Å². The van der Waals surface area contributed by atoms with Crippen LogP contribution in [0.15, 0.2) is 177 Å². The Kier molecular flexibility index (Phi) is 11.7. The number of pyridine rings is 3. The first kappa shape index (κ1) is 45.5. The number of nitrogens with zero attached hydrogens (tertiary/aromatic N) is 6. The molecule has 70 heavy (non-hydrogen) atoms. The maximum atomic E-state index is 13.8. The third-order valence-corrected chi connectivity index (χ3v) is 17.6. The van der Waals surface area contributed by atoms with E-state index in [9.17, 15) is 39.6 Å². The Labute approximate surface area is 405 Å². The van der Waals surface area contributed by atoms with E-state index in [1.807, 2.05) is 0 Å². The van der Waals surface area contributed by atoms with Crippen molar-refractivity contribution < 1.29 is 49.1 Å². The summed E-state index contributed by atoms with van der Waals surface area (Å²) >= 11 is 2.16. The Bertz CT molecular complexity index is 3850. The van der Waals surface area contributed by atoms with Gasteiger partial charge in [-0.15, -0.1) is 22.7 Å². The number of hydrogen-bond acceptors (Lipinski definition) is 16. The van der Waals surface area contributed by atoms with Gasteiger partial charge in [-0.05, 0) is 84.2 Å². The maximum Gasteiger partial charge on any atom is 0.284 e. The topological polar surface area (TPSA) is 262 Å². The largest absolute Gasteiger partial charge is 0.445 e. The standard InChI is InChI=1S/C45H31N9O11S5/c55-42(34-6-1-2-17-46-34)47-28-15-19-53(25-28)69(60,61)32-23-40(67-27-32)33-7-3-8-35(50-33)43(56)48-29-14-18-52(24-29)68(58,59)31-12-13-38-39(22-31)65-45(64-38)37-10-4-9-36(51-37)44(57)49-30-16-20-54(26-30)70(62,63)41-11-5-21-66-41/h1-27,45H,(H,47,55)(H,48,56)(H,49,57). The Hall–Kier alpha value is -8.23. The number of benzene rings is 1. The van der Waals surface area contributed by atoms with Crippen molar-refractivity contribution in [1.29, 1.82) is 0 Å². The molecule has 0 saturated carbocycles. The first-order chi connectivity index (χ1) is 33.6. The van der Waals surface area contributed by atoms with Gasteiger partial charge in [0.2, 0.25) is 0 Å². The van der Waals surface area contributed by atoms with Gasteiger partial charge in [0.15, 0.2) is 11.5 Å². The Balaban J connectivity index is 0.769. The molecule has 0 bridgehead atoms. The van der Waals surface area contributed by atoms with E-state index in [4.69, 9.17) is 9.47 Å². The first-order valence-electron chi connectivity index (χ1n) is 20.3. The Morgan fingerprint density at radius 2 is 1.13 bits per heavy atom. The van der Waals surface area contributed by atoms with Gasteiger partial charge in [-0.25, -0.2) is 38.7 Å². The monoisotopic (exact) mass is 1030 g/mol. The molecule has 0 spiro atoms. The number of nitrogens with one attached hydrogen (secondary N) is 3. The minimum atomic E-state index is -4.24. The average Bonchev–Trinajstić information content (AvgIpc) is 4.22. The number of amides is 3. The summed E-state index contributed by atoms with van der Waals surface area (Å²) < 4.78 is 95.1. The second-order valence-corrected chi connectivity index (χ2v) is 22.5. The van der Waals surface area contributed by atoms with Crippen molar-refractivity contribution in [1.82, 2.24) is 26.9 Å². The van der Waals surface area contributed by atoms with Crippen LogP contribution >= 0.6 is 22.7 Å². The molecular formula is C45H31N9O11S5. The molecule has 352 valence electrons. The van der Waals surface area contributed by atoms with Gasteiger partial charge in [0.05, 0.1) is 37.4 Å². The fourth-order valence-corrected chi connectivity index (χ4v) is 12.8. The molecule has 9 aromatic rings. The molecule has 3 amide bonds. The zero-order valence-electron chi connectivity index (χ0n) is 35.4. The van der Waals surface area contributed by atoms with Gasteiger partial charge in [0.25, 0.3) is 54.1 Å². The van der Waals surface area contributed by atoms with Crippen LogP contribution in [0, 0.1) is 0 Å². The number of carbonyl (C=O) groups is 3. The molecule has 0 saturated heterocycles. The van der Waals surface area contributed by atoms with Crippen LogP contribution in [0.4, 0.5) is 17.1 Å². The highest BCUT2D eigenvalue weighted by Crippen LogP contribution is 2.42. The van der Waals surface area contributed by atoms with E-state index < -0.39 is 54.1 Å². The van der Waals surface area contributed by atoms with Crippen molar-refractivity contribution in [3.05, 3.63) is 186 Å². The van der Waals surface area contributed by atoms with E-state index in [1.54, 1.807) is 47.8 Å². The van der Waals surface area contributed by atoms with Gasteiger partial charge in [-0.1, -0.05) is 24.3 Å². The summed E-state index contributed by atoms with van der Waals surface area (Å²) in [6.45, 7) is 0. The van der Waals surface area contributed by atoms with Gasteiger partial charge in [-0.2, -0.15) is 8.42 Å². The summed E-state index contributed by atoms with van der Waals surface area (Å²) in [7, 11) is -12.1. The van der Waals surface area contributed by atoms with E-state index >= 15 is 0 Å². The molecule has 10 rings (SSSR count). The fraction of sp³-hybridized carbons (Fsp3) is 0.0222. The maximum absolute atomic E-state index is 13.8. The Morgan fingerprint density at radius 3 is 1.76 bits per heavy atom. The van der Waals surface area contributed by atoms with Gasteiger partial charge in [0, 0.05) is 54.8 Å². The van der Waals surface area contributed by atoms with E-state index in [-0.39, 0.29) is 65.3 Å². The number of anilines is 3. The van der Waals surface area contributed by atoms with Crippen LogP contribution in [0.3, 0.4) is 0 Å². The highest BCUT2D eigenvalue weighted by Gasteiger charge is 2.31. The highest BCUT2D eigenvalue weighted by atomic mass is 32.2. The lowest BCUT2D eigenvalue weighted by Crippen LogP contribution is -2.17. The minimum absolute atomic E-state index is 0.0300. The lowest BCUT2D eigenvalue weighted by Gasteiger charge is -2.11. The summed E-state index contributed by atoms with van der Waals surface area (Å²) in [5, 5.41) is 11.0. The third kappa shape index (κ3) is 8.96. The van der Waals surface area contributed by atoms with Crippen LogP contribution < -0.4 is 25.4 Å². The van der Waals surface area contributed by atoms with Gasteiger partial charge >= 0.3 is 0 Å². The predicted octanol–water partition coefficient (Wildman–Crippen LogP) is 7.00. The molecule has 25 heteroatoms. The molecular weight excluding hydrogens is 1000 g/mol. The molecule has 1 aliphatic rings. The average molecular weight is 1030 g/mol. The zero-order chi connectivity index (χ0) is 48.8. The summed E-state index contributed by atoms with van der Waals surface area (Å²) in [5.74, 6) is -1.52. The van der Waals surface area contributed by atoms with Crippen LogP contribution in [0.25, 0.3) is 10.6 Å². The number of rotatable bonds is 14. The van der Waals surface area contributed by atoms with Crippen molar-refractivity contribution in [3.63, 3.8) is 0 Å².